The van der Waals surface area contributed by atoms with E-state index in [4.69, 9.17) is 16.2 Å². The van der Waals surface area contributed by atoms with Crippen LogP contribution in [0.3, 0.4) is 0 Å². The van der Waals surface area contributed by atoms with Crippen molar-refractivity contribution < 1.29 is 14.3 Å². The van der Waals surface area contributed by atoms with Crippen molar-refractivity contribution in [3.63, 3.8) is 0 Å². The zero-order valence-corrected chi connectivity index (χ0v) is 13.5. The van der Waals surface area contributed by atoms with Crippen molar-refractivity contribution in [2.24, 2.45) is 17.4 Å². The maximum absolute atomic E-state index is 12.5. The van der Waals surface area contributed by atoms with Crippen molar-refractivity contribution in [2.45, 2.75) is 38.1 Å². The van der Waals surface area contributed by atoms with E-state index >= 15 is 0 Å². The number of hydrogen-bond acceptors (Lipinski definition) is 4. The molecule has 0 aliphatic heterocycles. The number of hydrogen-bond donors (Lipinski definition) is 4. The predicted octanol–water partition coefficient (Wildman–Crippen LogP) is 2.03. The molecular weight excluding hydrogens is 296 g/mol. The van der Waals surface area contributed by atoms with E-state index in [1.165, 1.54) is 7.11 Å². The molecule has 6 N–H and O–H groups in total. The summed E-state index contributed by atoms with van der Waals surface area (Å²) in [6, 6.07) is 4.27. The van der Waals surface area contributed by atoms with E-state index in [0.29, 0.717) is 17.1 Å². The number of methoxy groups -OCH3 is 1. The molecule has 1 saturated carbocycles. The van der Waals surface area contributed by atoms with Gasteiger partial charge in [0.2, 0.25) is 5.91 Å². The molecule has 23 heavy (non-hydrogen) atoms. The summed E-state index contributed by atoms with van der Waals surface area (Å²) in [5, 5.41) is 5.34. The number of nitrogens with one attached hydrogen (secondary N) is 2. The van der Waals surface area contributed by atoms with E-state index in [-0.39, 0.29) is 11.8 Å². The van der Waals surface area contributed by atoms with Gasteiger partial charge in [-0.25, -0.2) is 4.79 Å². The number of ether oxygens (including phenoxy) is 1. The van der Waals surface area contributed by atoms with Crippen LogP contribution < -0.4 is 26.8 Å². The summed E-state index contributed by atoms with van der Waals surface area (Å²) in [4.78, 5) is 23.5. The quantitative estimate of drug-likeness (QED) is 0.678. The van der Waals surface area contributed by atoms with E-state index in [1.807, 2.05) is 6.92 Å². The molecule has 0 aromatic heterocycles. The second kappa shape index (κ2) is 6.87. The first kappa shape index (κ1) is 17.1. The summed E-state index contributed by atoms with van der Waals surface area (Å²) in [6.07, 6.45) is 3.70. The summed E-state index contributed by atoms with van der Waals surface area (Å²) in [5.41, 5.74) is 11.9. The molecular formula is C16H24N4O3. The normalized spacial score (nSPS) is 23.9. The topological polar surface area (TPSA) is 119 Å². The second-order valence-corrected chi connectivity index (χ2v) is 6.20. The highest BCUT2D eigenvalue weighted by Crippen LogP contribution is 2.33. The van der Waals surface area contributed by atoms with Crippen LogP contribution in [0.5, 0.6) is 5.75 Å². The van der Waals surface area contributed by atoms with Crippen molar-refractivity contribution >= 4 is 23.3 Å². The van der Waals surface area contributed by atoms with Gasteiger partial charge in [0.25, 0.3) is 0 Å². The lowest BCUT2D eigenvalue weighted by Crippen LogP contribution is -2.51. The van der Waals surface area contributed by atoms with Crippen LogP contribution in [0.4, 0.5) is 16.2 Å². The molecule has 2 unspecified atom stereocenters. The van der Waals surface area contributed by atoms with E-state index in [2.05, 4.69) is 10.6 Å². The summed E-state index contributed by atoms with van der Waals surface area (Å²) in [7, 11) is 1.48. The van der Waals surface area contributed by atoms with Gasteiger partial charge in [0.1, 0.15) is 5.75 Å². The minimum atomic E-state index is -0.679. The van der Waals surface area contributed by atoms with Crippen LogP contribution in [0, 0.1) is 5.92 Å². The number of benzene rings is 1. The van der Waals surface area contributed by atoms with Gasteiger partial charge in [0.15, 0.2) is 0 Å². The van der Waals surface area contributed by atoms with Gasteiger partial charge in [0.05, 0.1) is 18.7 Å². The molecule has 7 nitrogen and oxygen atoms in total. The molecule has 2 rings (SSSR count). The number of carbonyl (C=O) groups excluding carboxylic acids is 2. The molecule has 1 aliphatic rings. The molecule has 1 aliphatic carbocycles. The minimum absolute atomic E-state index is 0.0904. The fourth-order valence-electron chi connectivity index (χ4n) is 3.02. The molecule has 0 saturated heterocycles. The van der Waals surface area contributed by atoms with Gasteiger partial charge < -0.3 is 26.8 Å². The Morgan fingerprint density at radius 2 is 2.04 bits per heavy atom. The molecule has 1 aromatic rings. The highest BCUT2D eigenvalue weighted by Gasteiger charge is 2.37. The first-order valence-electron chi connectivity index (χ1n) is 7.68. The Labute approximate surface area is 135 Å². The SMILES string of the molecule is COc1cc(NC(=O)C2CCCCC2(C)N)ccc1NC(N)=O. The fourth-order valence-corrected chi connectivity index (χ4v) is 3.02. The summed E-state index contributed by atoms with van der Waals surface area (Å²) in [6.45, 7) is 1.93. The molecule has 2 atom stereocenters. The third-order valence-electron chi connectivity index (χ3n) is 4.30. The maximum atomic E-state index is 12.5. The molecule has 0 heterocycles. The molecule has 0 spiro atoms. The Morgan fingerprint density at radius 1 is 1.30 bits per heavy atom. The van der Waals surface area contributed by atoms with E-state index in [0.717, 1.165) is 25.7 Å². The smallest absolute Gasteiger partial charge is 0.316 e. The Hall–Kier alpha value is -2.28. The van der Waals surface area contributed by atoms with Crippen molar-refractivity contribution in [3.8, 4) is 5.75 Å². The number of urea groups is 1. The molecule has 3 amide bonds. The third-order valence-corrected chi connectivity index (χ3v) is 4.30. The van der Waals surface area contributed by atoms with Crippen LogP contribution in [0.15, 0.2) is 18.2 Å². The Bertz CT molecular complexity index is 601. The molecule has 7 heteroatoms. The Kier molecular flexibility index (Phi) is 5.10. The first-order valence-corrected chi connectivity index (χ1v) is 7.68. The standard InChI is InChI=1S/C16H24N4O3/c1-16(18)8-4-3-5-11(16)14(21)19-10-6-7-12(20-15(17)22)13(9-10)23-2/h6-7,9,11H,3-5,8,18H2,1-2H3,(H,19,21)(H3,17,20,22). The lowest BCUT2D eigenvalue weighted by Gasteiger charge is -2.37. The number of carbonyl (C=O) groups is 2. The van der Waals surface area contributed by atoms with Gasteiger partial charge >= 0.3 is 6.03 Å². The van der Waals surface area contributed by atoms with Gasteiger partial charge in [-0.15, -0.1) is 0 Å². The van der Waals surface area contributed by atoms with Crippen molar-refractivity contribution in [1.29, 1.82) is 0 Å². The summed E-state index contributed by atoms with van der Waals surface area (Å²) in [5.74, 6) is 0.110. The van der Waals surface area contributed by atoms with Gasteiger partial charge in [-0.05, 0) is 31.9 Å². The number of rotatable bonds is 4. The first-order chi connectivity index (χ1) is 10.8. The van der Waals surface area contributed by atoms with Crippen molar-refractivity contribution in [3.05, 3.63) is 18.2 Å². The summed E-state index contributed by atoms with van der Waals surface area (Å²) < 4.78 is 5.21. The number of anilines is 2. The number of nitrogens with two attached hydrogens (primary N) is 2. The van der Waals surface area contributed by atoms with E-state index in [1.54, 1.807) is 18.2 Å². The average Bonchev–Trinajstić information content (AvgIpc) is 2.47. The van der Waals surface area contributed by atoms with Gasteiger partial charge in [-0.1, -0.05) is 12.8 Å². The monoisotopic (exact) mass is 320 g/mol. The minimum Gasteiger partial charge on any atom is -0.494 e. The molecule has 0 radical (unpaired) electrons. The largest absolute Gasteiger partial charge is 0.494 e. The lowest BCUT2D eigenvalue weighted by molar-refractivity contribution is -0.122. The van der Waals surface area contributed by atoms with Crippen LogP contribution >= 0.6 is 0 Å². The van der Waals surface area contributed by atoms with Gasteiger partial charge in [-0.2, -0.15) is 0 Å². The average molecular weight is 320 g/mol. The lowest BCUT2D eigenvalue weighted by atomic mass is 9.74. The third kappa shape index (κ3) is 4.13. The number of primary amides is 1. The highest BCUT2D eigenvalue weighted by molar-refractivity contribution is 5.95. The zero-order valence-electron chi connectivity index (χ0n) is 13.5. The zero-order chi connectivity index (χ0) is 17.0. The molecule has 126 valence electrons. The van der Waals surface area contributed by atoms with Crippen LogP contribution in [0.1, 0.15) is 32.6 Å². The van der Waals surface area contributed by atoms with Crippen molar-refractivity contribution in [1.82, 2.24) is 0 Å². The Balaban J connectivity index is 2.13. The summed E-state index contributed by atoms with van der Waals surface area (Å²) >= 11 is 0. The van der Waals surface area contributed by atoms with Crippen LogP contribution in [-0.2, 0) is 4.79 Å². The van der Waals surface area contributed by atoms with Crippen LogP contribution in [-0.4, -0.2) is 24.6 Å². The Morgan fingerprint density at radius 3 is 2.65 bits per heavy atom. The van der Waals surface area contributed by atoms with Crippen LogP contribution in [0.25, 0.3) is 0 Å². The number of amides is 3. The molecule has 1 aromatic carbocycles. The molecule has 0 bridgehead atoms. The fraction of sp³-hybridized carbons (Fsp3) is 0.500. The van der Waals surface area contributed by atoms with Crippen LogP contribution in [0.2, 0.25) is 0 Å². The van der Waals surface area contributed by atoms with E-state index < -0.39 is 11.6 Å². The predicted molar refractivity (Wildman–Crippen MR) is 89.4 cm³/mol. The molecule has 1 fully saturated rings. The van der Waals surface area contributed by atoms with E-state index in [9.17, 15) is 9.59 Å². The highest BCUT2D eigenvalue weighted by atomic mass is 16.5. The van der Waals surface area contributed by atoms with Gasteiger partial charge in [-0.3, -0.25) is 4.79 Å². The maximum Gasteiger partial charge on any atom is 0.316 e. The van der Waals surface area contributed by atoms with Crippen molar-refractivity contribution in [2.75, 3.05) is 17.7 Å². The van der Waals surface area contributed by atoms with Gasteiger partial charge in [0, 0.05) is 17.3 Å². The second-order valence-electron chi connectivity index (χ2n) is 6.20.